The standard InChI is InChI=1S/C19H19ClN2O4S/c20-13-6-8-27-18(13)19(25)22-7-5-16(15(23)10-22)26-12-2-3-14-11(9-12)1-4-17(24)21-14/h2-3,6,8-9,15-16,23H,1,4-5,7,10H2,(H,21,24)/t15-,16-/m1/s1. The van der Waals surface area contributed by atoms with Crippen molar-refractivity contribution < 1.29 is 19.4 Å². The Morgan fingerprint density at radius 3 is 2.93 bits per heavy atom. The topological polar surface area (TPSA) is 78.9 Å². The number of halogens is 1. The van der Waals surface area contributed by atoms with Gasteiger partial charge in [0.1, 0.15) is 22.8 Å². The number of piperidine rings is 1. The molecule has 2 N–H and O–H groups in total. The van der Waals surface area contributed by atoms with Gasteiger partial charge in [-0.05, 0) is 41.6 Å². The van der Waals surface area contributed by atoms with Crippen LogP contribution in [0.2, 0.25) is 5.02 Å². The van der Waals surface area contributed by atoms with Crippen molar-refractivity contribution >= 4 is 40.4 Å². The van der Waals surface area contributed by atoms with E-state index in [2.05, 4.69) is 5.32 Å². The van der Waals surface area contributed by atoms with Crippen molar-refractivity contribution in [1.29, 1.82) is 0 Å². The van der Waals surface area contributed by atoms with Crippen LogP contribution < -0.4 is 10.1 Å². The molecule has 0 spiro atoms. The van der Waals surface area contributed by atoms with Gasteiger partial charge < -0.3 is 20.1 Å². The molecule has 8 heteroatoms. The predicted molar refractivity (Wildman–Crippen MR) is 104 cm³/mol. The van der Waals surface area contributed by atoms with Gasteiger partial charge in [0, 0.05) is 25.1 Å². The first-order valence-electron chi connectivity index (χ1n) is 8.81. The molecule has 142 valence electrons. The van der Waals surface area contributed by atoms with Crippen LogP contribution in [-0.4, -0.2) is 47.1 Å². The van der Waals surface area contributed by atoms with Crippen molar-refractivity contribution in [3.8, 4) is 5.75 Å². The number of aryl methyl sites for hydroxylation is 1. The number of amides is 2. The number of nitrogens with one attached hydrogen (secondary N) is 1. The third-order valence-corrected chi connectivity index (χ3v) is 6.21. The summed E-state index contributed by atoms with van der Waals surface area (Å²) in [4.78, 5) is 26.1. The highest BCUT2D eigenvalue weighted by Crippen LogP contribution is 2.29. The minimum atomic E-state index is -0.780. The van der Waals surface area contributed by atoms with E-state index in [1.165, 1.54) is 11.3 Å². The Labute approximate surface area is 165 Å². The fourth-order valence-electron chi connectivity index (χ4n) is 3.43. The molecule has 0 bridgehead atoms. The Balaban J connectivity index is 1.40. The largest absolute Gasteiger partial charge is 0.488 e. The second-order valence-corrected chi connectivity index (χ2v) is 8.05. The van der Waals surface area contributed by atoms with Crippen LogP contribution in [0, 0.1) is 0 Å². The first-order valence-corrected chi connectivity index (χ1v) is 10.1. The van der Waals surface area contributed by atoms with E-state index in [1.807, 2.05) is 12.1 Å². The maximum Gasteiger partial charge on any atom is 0.265 e. The molecule has 3 heterocycles. The number of fused-ring (bicyclic) bond motifs is 1. The van der Waals surface area contributed by atoms with Gasteiger partial charge in [-0.3, -0.25) is 9.59 Å². The lowest BCUT2D eigenvalue weighted by Gasteiger charge is -2.36. The molecule has 0 aliphatic carbocycles. The van der Waals surface area contributed by atoms with Crippen LogP contribution in [0.25, 0.3) is 0 Å². The molecule has 1 fully saturated rings. The van der Waals surface area contributed by atoms with Gasteiger partial charge in [-0.2, -0.15) is 0 Å². The molecule has 0 saturated carbocycles. The normalized spacial score (nSPS) is 22.1. The Hall–Kier alpha value is -2.09. The van der Waals surface area contributed by atoms with Crippen LogP contribution in [0.1, 0.15) is 28.1 Å². The van der Waals surface area contributed by atoms with E-state index in [0.29, 0.717) is 41.5 Å². The van der Waals surface area contributed by atoms with Crippen molar-refractivity contribution in [2.75, 3.05) is 18.4 Å². The number of benzene rings is 1. The number of ether oxygens (including phenoxy) is 1. The van der Waals surface area contributed by atoms with Gasteiger partial charge in [-0.15, -0.1) is 11.3 Å². The lowest BCUT2D eigenvalue weighted by atomic mass is 10.0. The summed E-state index contributed by atoms with van der Waals surface area (Å²) in [6, 6.07) is 7.22. The summed E-state index contributed by atoms with van der Waals surface area (Å²) in [5.41, 5.74) is 1.84. The SMILES string of the molecule is O=C1CCc2cc(O[C@@H]3CCN(C(=O)c4sccc4Cl)C[C@H]3O)ccc2N1. The summed E-state index contributed by atoms with van der Waals surface area (Å²) in [6.07, 6.45) is 0.505. The van der Waals surface area contributed by atoms with E-state index in [4.69, 9.17) is 16.3 Å². The number of hydrogen-bond acceptors (Lipinski definition) is 5. The molecular formula is C19H19ClN2O4S. The highest BCUT2D eigenvalue weighted by molar-refractivity contribution is 7.12. The molecule has 0 unspecified atom stereocenters. The fraction of sp³-hybridized carbons (Fsp3) is 0.368. The monoisotopic (exact) mass is 406 g/mol. The molecule has 2 aromatic rings. The minimum Gasteiger partial charge on any atom is -0.488 e. The quantitative estimate of drug-likeness (QED) is 0.821. The zero-order valence-corrected chi connectivity index (χ0v) is 16.1. The van der Waals surface area contributed by atoms with Gasteiger partial charge in [0.05, 0.1) is 11.6 Å². The van der Waals surface area contributed by atoms with Crippen molar-refractivity contribution in [2.24, 2.45) is 0 Å². The maximum absolute atomic E-state index is 12.5. The molecular weight excluding hydrogens is 388 g/mol. The van der Waals surface area contributed by atoms with Crippen LogP contribution in [0.3, 0.4) is 0 Å². The number of hydrogen-bond donors (Lipinski definition) is 2. The number of rotatable bonds is 3. The molecule has 0 radical (unpaired) electrons. The minimum absolute atomic E-state index is 0.0227. The lowest BCUT2D eigenvalue weighted by Crippen LogP contribution is -2.50. The van der Waals surface area contributed by atoms with Gasteiger partial charge in [0.15, 0.2) is 0 Å². The average molecular weight is 407 g/mol. The van der Waals surface area contributed by atoms with E-state index in [-0.39, 0.29) is 24.5 Å². The highest BCUT2D eigenvalue weighted by atomic mass is 35.5. The van der Waals surface area contributed by atoms with Gasteiger partial charge in [0.25, 0.3) is 5.91 Å². The van der Waals surface area contributed by atoms with E-state index < -0.39 is 6.10 Å². The number of likely N-dealkylation sites (tertiary alicyclic amines) is 1. The lowest BCUT2D eigenvalue weighted by molar-refractivity contribution is -0.116. The Kier molecular flexibility index (Phi) is 5.08. The second-order valence-electron chi connectivity index (χ2n) is 6.73. The maximum atomic E-state index is 12.5. The third-order valence-electron chi connectivity index (χ3n) is 4.88. The number of carbonyl (C=O) groups excluding carboxylic acids is 2. The van der Waals surface area contributed by atoms with E-state index in [0.717, 1.165) is 11.3 Å². The molecule has 2 aliphatic rings. The molecule has 27 heavy (non-hydrogen) atoms. The fourth-order valence-corrected chi connectivity index (χ4v) is 4.53. The number of anilines is 1. The zero-order valence-electron chi connectivity index (χ0n) is 14.5. The first-order chi connectivity index (χ1) is 13.0. The van der Waals surface area contributed by atoms with Gasteiger partial charge >= 0.3 is 0 Å². The summed E-state index contributed by atoms with van der Waals surface area (Å²) < 4.78 is 5.98. The van der Waals surface area contributed by atoms with Crippen molar-refractivity contribution in [3.63, 3.8) is 0 Å². The number of aliphatic hydroxyl groups is 1. The van der Waals surface area contributed by atoms with Crippen LogP contribution >= 0.6 is 22.9 Å². The van der Waals surface area contributed by atoms with E-state index in [1.54, 1.807) is 22.4 Å². The molecule has 2 amide bonds. The van der Waals surface area contributed by atoms with Crippen LogP contribution in [0.4, 0.5) is 5.69 Å². The molecule has 2 aliphatic heterocycles. The van der Waals surface area contributed by atoms with Gasteiger partial charge in [-0.25, -0.2) is 0 Å². The number of β-amino-alcohol motifs (C(OH)–C–C–N with tert-alkyl or cyclic N) is 1. The summed E-state index contributed by atoms with van der Waals surface area (Å²) in [7, 11) is 0. The van der Waals surface area contributed by atoms with Crippen molar-refractivity contribution in [2.45, 2.75) is 31.5 Å². The van der Waals surface area contributed by atoms with E-state index in [9.17, 15) is 14.7 Å². The first kappa shape index (κ1) is 18.3. The van der Waals surface area contributed by atoms with Crippen LogP contribution in [0.5, 0.6) is 5.75 Å². The number of carbonyl (C=O) groups is 2. The smallest absolute Gasteiger partial charge is 0.265 e. The highest BCUT2D eigenvalue weighted by Gasteiger charge is 2.33. The Bertz CT molecular complexity index is 884. The van der Waals surface area contributed by atoms with Crippen molar-refractivity contribution in [3.05, 3.63) is 45.1 Å². The Morgan fingerprint density at radius 2 is 2.19 bits per heavy atom. The van der Waals surface area contributed by atoms with Gasteiger partial charge in [0.2, 0.25) is 5.91 Å². The number of aliphatic hydroxyl groups excluding tert-OH is 1. The molecule has 1 aromatic heterocycles. The van der Waals surface area contributed by atoms with E-state index >= 15 is 0 Å². The van der Waals surface area contributed by atoms with Crippen LogP contribution in [0.15, 0.2) is 29.6 Å². The zero-order chi connectivity index (χ0) is 19.0. The summed E-state index contributed by atoms with van der Waals surface area (Å²) in [5.74, 6) is 0.529. The molecule has 6 nitrogen and oxygen atoms in total. The second kappa shape index (κ2) is 7.50. The predicted octanol–water partition coefficient (Wildman–Crippen LogP) is 2.94. The molecule has 1 aromatic carbocycles. The molecule has 1 saturated heterocycles. The third kappa shape index (κ3) is 3.81. The summed E-state index contributed by atoms with van der Waals surface area (Å²) in [6.45, 7) is 0.703. The van der Waals surface area contributed by atoms with Gasteiger partial charge in [-0.1, -0.05) is 11.6 Å². The number of thiophene rings is 1. The number of nitrogens with zero attached hydrogens (tertiary/aromatic N) is 1. The molecule has 4 rings (SSSR count). The summed E-state index contributed by atoms with van der Waals surface area (Å²) in [5, 5.41) is 15.5. The van der Waals surface area contributed by atoms with Crippen LogP contribution in [-0.2, 0) is 11.2 Å². The average Bonchev–Trinajstić information content (AvgIpc) is 3.09. The molecule has 2 atom stereocenters. The van der Waals surface area contributed by atoms with Crippen molar-refractivity contribution in [1.82, 2.24) is 4.90 Å². The summed E-state index contributed by atoms with van der Waals surface area (Å²) >= 11 is 7.35. The Morgan fingerprint density at radius 1 is 1.33 bits per heavy atom.